The van der Waals surface area contributed by atoms with Gasteiger partial charge in [-0.25, -0.2) is 8.78 Å². The van der Waals surface area contributed by atoms with E-state index in [4.69, 9.17) is 0 Å². The predicted molar refractivity (Wildman–Crippen MR) is 83.5 cm³/mol. The number of rotatable bonds is 3. The van der Waals surface area contributed by atoms with Crippen LogP contribution in [-0.4, -0.2) is 0 Å². The van der Waals surface area contributed by atoms with Gasteiger partial charge in [-0.1, -0.05) is 32.9 Å². The molecule has 2 aromatic rings. The molecule has 1 N–H and O–H groups in total. The smallest absolute Gasteiger partial charge is 0.128 e. The molecule has 1 nitrogen and oxygen atoms in total. The molecule has 21 heavy (non-hydrogen) atoms. The fourth-order valence-corrected chi connectivity index (χ4v) is 2.24. The summed E-state index contributed by atoms with van der Waals surface area (Å²) in [6.45, 7) is 8.27. The van der Waals surface area contributed by atoms with Crippen molar-refractivity contribution in [1.82, 2.24) is 0 Å². The van der Waals surface area contributed by atoms with Gasteiger partial charge in [-0.3, -0.25) is 0 Å². The lowest BCUT2D eigenvalue weighted by atomic mass is 9.87. The van der Waals surface area contributed by atoms with Gasteiger partial charge in [-0.15, -0.1) is 0 Å². The van der Waals surface area contributed by atoms with Crippen LogP contribution in [-0.2, 0) is 5.41 Å². The third-order valence-electron chi connectivity index (χ3n) is 3.56. The Kier molecular flexibility index (Phi) is 4.31. The van der Waals surface area contributed by atoms with Crippen molar-refractivity contribution in [3.05, 3.63) is 65.2 Å². The molecule has 112 valence electrons. The van der Waals surface area contributed by atoms with Crippen LogP contribution in [0.2, 0.25) is 0 Å². The summed E-state index contributed by atoms with van der Waals surface area (Å²) in [4.78, 5) is 0. The quantitative estimate of drug-likeness (QED) is 0.793. The molecular formula is C18H21F2N. The second-order valence-corrected chi connectivity index (χ2v) is 6.36. The molecule has 0 bridgehead atoms. The molecule has 0 amide bonds. The average Bonchev–Trinajstić information content (AvgIpc) is 2.41. The van der Waals surface area contributed by atoms with Gasteiger partial charge in [-0.2, -0.15) is 0 Å². The van der Waals surface area contributed by atoms with Crippen molar-refractivity contribution in [2.24, 2.45) is 0 Å². The molecular weight excluding hydrogens is 268 g/mol. The zero-order chi connectivity index (χ0) is 15.6. The first-order valence-corrected chi connectivity index (χ1v) is 7.09. The van der Waals surface area contributed by atoms with Crippen molar-refractivity contribution >= 4 is 5.69 Å². The minimum Gasteiger partial charge on any atom is -0.378 e. The molecule has 0 saturated carbocycles. The second-order valence-electron chi connectivity index (χ2n) is 6.36. The van der Waals surface area contributed by atoms with E-state index >= 15 is 0 Å². The fraction of sp³-hybridized carbons (Fsp3) is 0.333. The number of anilines is 1. The lowest BCUT2D eigenvalue weighted by Crippen LogP contribution is -2.12. The van der Waals surface area contributed by atoms with Gasteiger partial charge < -0.3 is 5.32 Å². The van der Waals surface area contributed by atoms with Gasteiger partial charge in [0.05, 0.1) is 6.04 Å². The van der Waals surface area contributed by atoms with E-state index in [-0.39, 0.29) is 11.5 Å². The topological polar surface area (TPSA) is 12.0 Å². The first-order chi connectivity index (χ1) is 9.77. The minimum absolute atomic E-state index is 0.0960. The first-order valence-electron chi connectivity index (χ1n) is 7.09. The highest BCUT2D eigenvalue weighted by molar-refractivity contribution is 5.47. The third kappa shape index (κ3) is 3.81. The molecule has 2 rings (SSSR count). The summed E-state index contributed by atoms with van der Waals surface area (Å²) in [5.74, 6) is -0.828. The highest BCUT2D eigenvalue weighted by Gasteiger charge is 2.14. The van der Waals surface area contributed by atoms with Gasteiger partial charge in [0.15, 0.2) is 0 Å². The van der Waals surface area contributed by atoms with E-state index in [2.05, 4.69) is 38.2 Å². The molecule has 3 heteroatoms. The van der Waals surface area contributed by atoms with E-state index in [1.165, 1.54) is 11.6 Å². The Balaban J connectivity index is 2.16. The second kappa shape index (κ2) is 5.84. The summed E-state index contributed by atoms with van der Waals surface area (Å²) in [7, 11) is 0. The molecule has 0 aromatic heterocycles. The number of nitrogens with one attached hydrogen (secondary N) is 1. The molecule has 0 aliphatic heterocycles. The van der Waals surface area contributed by atoms with Gasteiger partial charge in [-0.05, 0) is 48.2 Å². The van der Waals surface area contributed by atoms with E-state index < -0.39 is 11.6 Å². The molecule has 0 saturated heterocycles. The van der Waals surface area contributed by atoms with Gasteiger partial charge in [0, 0.05) is 11.3 Å². The lowest BCUT2D eigenvalue weighted by molar-refractivity contribution is 0.577. The van der Waals surface area contributed by atoms with E-state index in [9.17, 15) is 8.78 Å². The highest BCUT2D eigenvalue weighted by atomic mass is 19.1. The van der Waals surface area contributed by atoms with Crippen LogP contribution in [0.3, 0.4) is 0 Å². The summed E-state index contributed by atoms with van der Waals surface area (Å²) >= 11 is 0. The van der Waals surface area contributed by atoms with Crippen molar-refractivity contribution < 1.29 is 8.78 Å². The maximum atomic E-state index is 13.7. The summed E-state index contributed by atoms with van der Waals surface area (Å²) in [6, 6.07) is 11.3. The molecule has 1 atom stereocenters. The monoisotopic (exact) mass is 289 g/mol. The Hall–Kier alpha value is -1.90. The van der Waals surface area contributed by atoms with Crippen LogP contribution in [0.4, 0.5) is 14.5 Å². The van der Waals surface area contributed by atoms with Gasteiger partial charge in [0.25, 0.3) is 0 Å². The van der Waals surface area contributed by atoms with Crippen LogP contribution in [0.5, 0.6) is 0 Å². The molecule has 0 heterocycles. The lowest BCUT2D eigenvalue weighted by Gasteiger charge is -2.21. The maximum Gasteiger partial charge on any atom is 0.128 e. The van der Waals surface area contributed by atoms with Crippen molar-refractivity contribution in [1.29, 1.82) is 0 Å². The van der Waals surface area contributed by atoms with Crippen LogP contribution in [0, 0.1) is 11.6 Å². The standard InChI is InChI=1S/C18H21F2N/c1-12(16-11-14(19)7-10-17(16)20)21-15-8-5-13(6-9-15)18(2,3)4/h5-12,21H,1-4H3. The van der Waals surface area contributed by atoms with Crippen LogP contribution < -0.4 is 5.32 Å². The molecule has 0 spiro atoms. The number of benzene rings is 2. The Morgan fingerprint density at radius 1 is 0.952 bits per heavy atom. The van der Waals surface area contributed by atoms with E-state index in [0.29, 0.717) is 5.56 Å². The zero-order valence-electron chi connectivity index (χ0n) is 12.9. The van der Waals surface area contributed by atoms with E-state index in [1.54, 1.807) is 0 Å². The minimum atomic E-state index is -0.428. The third-order valence-corrected chi connectivity index (χ3v) is 3.56. The maximum absolute atomic E-state index is 13.7. The largest absolute Gasteiger partial charge is 0.378 e. The van der Waals surface area contributed by atoms with Crippen molar-refractivity contribution in [2.75, 3.05) is 5.32 Å². The van der Waals surface area contributed by atoms with Crippen LogP contribution in [0.25, 0.3) is 0 Å². The number of hydrogen-bond donors (Lipinski definition) is 1. The molecule has 0 fully saturated rings. The van der Waals surface area contributed by atoms with Crippen LogP contribution in [0.1, 0.15) is 44.9 Å². The Labute approximate surface area is 125 Å². The van der Waals surface area contributed by atoms with Crippen molar-refractivity contribution in [2.45, 2.75) is 39.2 Å². The Morgan fingerprint density at radius 2 is 1.57 bits per heavy atom. The molecule has 0 aliphatic carbocycles. The van der Waals surface area contributed by atoms with Gasteiger partial charge >= 0.3 is 0 Å². The summed E-state index contributed by atoms with van der Waals surface area (Å²) in [5.41, 5.74) is 2.55. The van der Waals surface area contributed by atoms with Crippen LogP contribution >= 0.6 is 0 Å². The van der Waals surface area contributed by atoms with Crippen molar-refractivity contribution in [3.8, 4) is 0 Å². The number of halogens is 2. The SMILES string of the molecule is CC(Nc1ccc(C(C)(C)C)cc1)c1cc(F)ccc1F. The van der Waals surface area contributed by atoms with E-state index in [0.717, 1.165) is 17.8 Å². The van der Waals surface area contributed by atoms with Gasteiger partial charge in [0.2, 0.25) is 0 Å². The normalized spacial score (nSPS) is 13.0. The Bertz CT molecular complexity index is 612. The molecule has 1 unspecified atom stereocenters. The number of hydrogen-bond acceptors (Lipinski definition) is 1. The molecule has 0 aliphatic rings. The predicted octanol–water partition coefficient (Wildman–Crippen LogP) is 5.44. The van der Waals surface area contributed by atoms with Gasteiger partial charge in [0.1, 0.15) is 11.6 Å². The molecule has 2 aromatic carbocycles. The molecule has 0 radical (unpaired) electrons. The first kappa shape index (κ1) is 15.5. The average molecular weight is 289 g/mol. The summed E-state index contributed by atoms with van der Waals surface area (Å²) in [6.07, 6.45) is 0. The fourth-order valence-electron chi connectivity index (χ4n) is 2.24. The van der Waals surface area contributed by atoms with Crippen LogP contribution in [0.15, 0.2) is 42.5 Å². The summed E-state index contributed by atoms with van der Waals surface area (Å²) in [5, 5.41) is 3.20. The van der Waals surface area contributed by atoms with Crippen molar-refractivity contribution in [3.63, 3.8) is 0 Å². The Morgan fingerprint density at radius 3 is 2.14 bits per heavy atom. The zero-order valence-corrected chi connectivity index (χ0v) is 12.9. The van der Waals surface area contributed by atoms with E-state index in [1.807, 2.05) is 19.1 Å². The summed E-state index contributed by atoms with van der Waals surface area (Å²) < 4.78 is 27.0. The highest BCUT2D eigenvalue weighted by Crippen LogP contribution is 2.26.